The first-order valence-corrected chi connectivity index (χ1v) is 5.79. The maximum atomic E-state index is 6.10. The summed E-state index contributed by atoms with van der Waals surface area (Å²) in [5, 5.41) is 4.23. The number of rotatable bonds is 6. The standard InChI is InChI=1S/C12H23N3O/c1-5-15-9-10(8-14-15)6-11(13)7-12(2,3)16-4/h8-9,11H,5-7,13H2,1-4H3. The van der Waals surface area contributed by atoms with Gasteiger partial charge < -0.3 is 10.5 Å². The van der Waals surface area contributed by atoms with Gasteiger partial charge in [-0.3, -0.25) is 4.68 Å². The third-order valence-corrected chi connectivity index (χ3v) is 2.81. The van der Waals surface area contributed by atoms with Crippen molar-refractivity contribution < 1.29 is 4.74 Å². The molecule has 2 N–H and O–H groups in total. The first kappa shape index (κ1) is 13.2. The fourth-order valence-electron chi connectivity index (χ4n) is 1.77. The molecular weight excluding hydrogens is 202 g/mol. The summed E-state index contributed by atoms with van der Waals surface area (Å²) in [5.41, 5.74) is 7.14. The Balaban J connectivity index is 2.48. The SMILES string of the molecule is CCn1cc(CC(N)CC(C)(C)OC)cn1. The van der Waals surface area contributed by atoms with Crippen LogP contribution in [-0.2, 0) is 17.7 Å². The Morgan fingerprint density at radius 3 is 2.75 bits per heavy atom. The monoisotopic (exact) mass is 225 g/mol. The lowest BCUT2D eigenvalue weighted by molar-refractivity contribution is 0.0102. The Bertz CT molecular complexity index is 320. The molecule has 0 aliphatic heterocycles. The highest BCUT2D eigenvalue weighted by Crippen LogP contribution is 2.16. The van der Waals surface area contributed by atoms with Crippen molar-refractivity contribution in [3.63, 3.8) is 0 Å². The van der Waals surface area contributed by atoms with Crippen LogP contribution in [-0.4, -0.2) is 28.5 Å². The predicted octanol–water partition coefficient (Wildman–Crippen LogP) is 1.59. The highest BCUT2D eigenvalue weighted by atomic mass is 16.5. The number of ether oxygens (including phenoxy) is 1. The fraction of sp³-hybridized carbons (Fsp3) is 0.750. The van der Waals surface area contributed by atoms with E-state index in [0.29, 0.717) is 0 Å². The fourth-order valence-corrected chi connectivity index (χ4v) is 1.77. The van der Waals surface area contributed by atoms with Gasteiger partial charge in [0.2, 0.25) is 0 Å². The van der Waals surface area contributed by atoms with E-state index in [9.17, 15) is 0 Å². The second-order valence-electron chi connectivity index (χ2n) is 4.84. The topological polar surface area (TPSA) is 53.1 Å². The van der Waals surface area contributed by atoms with Gasteiger partial charge in [0.15, 0.2) is 0 Å². The zero-order valence-corrected chi connectivity index (χ0v) is 10.7. The van der Waals surface area contributed by atoms with Gasteiger partial charge in [-0.2, -0.15) is 5.10 Å². The lowest BCUT2D eigenvalue weighted by Crippen LogP contribution is -2.34. The van der Waals surface area contributed by atoms with Crippen LogP contribution < -0.4 is 5.73 Å². The molecule has 1 aromatic rings. The van der Waals surface area contributed by atoms with Crippen LogP contribution in [0.5, 0.6) is 0 Å². The Morgan fingerprint density at radius 1 is 1.56 bits per heavy atom. The number of nitrogens with zero attached hydrogens (tertiary/aromatic N) is 2. The summed E-state index contributed by atoms with van der Waals surface area (Å²) >= 11 is 0. The van der Waals surface area contributed by atoms with Crippen molar-refractivity contribution in [2.45, 2.75) is 51.8 Å². The molecule has 0 aliphatic carbocycles. The zero-order valence-electron chi connectivity index (χ0n) is 10.7. The summed E-state index contributed by atoms with van der Waals surface area (Å²) in [5.74, 6) is 0. The van der Waals surface area contributed by atoms with Gasteiger partial charge in [-0.1, -0.05) is 0 Å². The normalized spacial score (nSPS) is 14.1. The van der Waals surface area contributed by atoms with E-state index in [1.165, 1.54) is 5.56 Å². The van der Waals surface area contributed by atoms with Crippen molar-refractivity contribution >= 4 is 0 Å². The van der Waals surface area contributed by atoms with Crippen molar-refractivity contribution in [3.8, 4) is 0 Å². The smallest absolute Gasteiger partial charge is 0.0637 e. The lowest BCUT2D eigenvalue weighted by Gasteiger charge is -2.26. The summed E-state index contributed by atoms with van der Waals surface area (Å²) in [7, 11) is 1.72. The molecule has 0 saturated carbocycles. The zero-order chi connectivity index (χ0) is 12.2. The van der Waals surface area contributed by atoms with Crippen LogP contribution in [0.4, 0.5) is 0 Å². The second kappa shape index (κ2) is 5.46. The molecule has 0 radical (unpaired) electrons. The van der Waals surface area contributed by atoms with Gasteiger partial charge in [0.25, 0.3) is 0 Å². The van der Waals surface area contributed by atoms with E-state index in [1.54, 1.807) is 7.11 Å². The molecular formula is C12H23N3O. The van der Waals surface area contributed by atoms with Gasteiger partial charge in [-0.05, 0) is 39.2 Å². The van der Waals surface area contributed by atoms with E-state index in [4.69, 9.17) is 10.5 Å². The molecule has 1 rings (SSSR count). The molecule has 0 spiro atoms. The van der Waals surface area contributed by atoms with E-state index >= 15 is 0 Å². The summed E-state index contributed by atoms with van der Waals surface area (Å²) in [6, 6.07) is 0.115. The average Bonchev–Trinajstić information content (AvgIpc) is 2.64. The van der Waals surface area contributed by atoms with Crippen LogP contribution in [0.3, 0.4) is 0 Å². The summed E-state index contributed by atoms with van der Waals surface area (Å²) < 4.78 is 7.29. The average molecular weight is 225 g/mol. The first-order chi connectivity index (χ1) is 7.46. The number of hydrogen-bond acceptors (Lipinski definition) is 3. The molecule has 0 saturated heterocycles. The third kappa shape index (κ3) is 3.94. The molecule has 1 atom stereocenters. The second-order valence-corrected chi connectivity index (χ2v) is 4.84. The maximum Gasteiger partial charge on any atom is 0.0637 e. The van der Waals surface area contributed by atoms with Crippen LogP contribution in [0.2, 0.25) is 0 Å². The molecule has 1 unspecified atom stereocenters. The van der Waals surface area contributed by atoms with Crippen LogP contribution >= 0.6 is 0 Å². The van der Waals surface area contributed by atoms with Crippen molar-refractivity contribution in [2.24, 2.45) is 5.73 Å². The number of aryl methyl sites for hydroxylation is 1. The molecule has 1 heterocycles. The first-order valence-electron chi connectivity index (χ1n) is 5.79. The highest BCUT2D eigenvalue weighted by molar-refractivity contribution is 5.06. The summed E-state index contributed by atoms with van der Waals surface area (Å²) in [6.07, 6.45) is 5.65. The molecule has 0 bridgehead atoms. The van der Waals surface area contributed by atoms with E-state index in [1.807, 2.05) is 10.9 Å². The van der Waals surface area contributed by atoms with Gasteiger partial charge >= 0.3 is 0 Å². The Labute approximate surface area is 97.8 Å². The Hall–Kier alpha value is -0.870. The molecule has 0 aliphatic rings. The van der Waals surface area contributed by atoms with Crippen molar-refractivity contribution in [1.29, 1.82) is 0 Å². The molecule has 1 aromatic heterocycles. The van der Waals surface area contributed by atoms with Gasteiger partial charge in [-0.15, -0.1) is 0 Å². The van der Waals surface area contributed by atoms with Crippen LogP contribution in [0.25, 0.3) is 0 Å². The van der Waals surface area contributed by atoms with E-state index in [2.05, 4.69) is 32.1 Å². The largest absolute Gasteiger partial charge is 0.379 e. The van der Waals surface area contributed by atoms with E-state index < -0.39 is 0 Å². The van der Waals surface area contributed by atoms with Crippen LogP contribution in [0, 0.1) is 0 Å². The summed E-state index contributed by atoms with van der Waals surface area (Å²) in [4.78, 5) is 0. The number of hydrogen-bond donors (Lipinski definition) is 1. The Kier molecular flexibility index (Phi) is 4.50. The minimum Gasteiger partial charge on any atom is -0.379 e. The molecule has 4 heteroatoms. The number of nitrogens with two attached hydrogens (primary N) is 1. The molecule has 0 aromatic carbocycles. The highest BCUT2D eigenvalue weighted by Gasteiger charge is 2.20. The molecule has 0 fully saturated rings. The Morgan fingerprint density at radius 2 is 2.25 bits per heavy atom. The van der Waals surface area contributed by atoms with Gasteiger partial charge in [-0.25, -0.2) is 0 Å². The third-order valence-electron chi connectivity index (χ3n) is 2.81. The molecule has 4 nitrogen and oxygen atoms in total. The van der Waals surface area contributed by atoms with Crippen molar-refractivity contribution in [2.75, 3.05) is 7.11 Å². The minimum absolute atomic E-state index is 0.115. The van der Waals surface area contributed by atoms with Gasteiger partial charge in [0.1, 0.15) is 0 Å². The number of methoxy groups -OCH3 is 1. The maximum absolute atomic E-state index is 6.10. The van der Waals surface area contributed by atoms with E-state index in [0.717, 1.165) is 19.4 Å². The van der Waals surface area contributed by atoms with Gasteiger partial charge in [0, 0.05) is 25.9 Å². The van der Waals surface area contributed by atoms with Gasteiger partial charge in [0.05, 0.1) is 11.8 Å². The molecule has 92 valence electrons. The van der Waals surface area contributed by atoms with E-state index in [-0.39, 0.29) is 11.6 Å². The molecule has 0 amide bonds. The van der Waals surface area contributed by atoms with Crippen molar-refractivity contribution in [1.82, 2.24) is 9.78 Å². The van der Waals surface area contributed by atoms with Crippen molar-refractivity contribution in [3.05, 3.63) is 18.0 Å². The molecule has 16 heavy (non-hydrogen) atoms. The number of aromatic nitrogens is 2. The van der Waals surface area contributed by atoms with Crippen LogP contribution in [0.1, 0.15) is 32.8 Å². The quantitative estimate of drug-likeness (QED) is 0.800. The van der Waals surface area contributed by atoms with Crippen LogP contribution in [0.15, 0.2) is 12.4 Å². The lowest BCUT2D eigenvalue weighted by atomic mass is 9.96. The summed E-state index contributed by atoms with van der Waals surface area (Å²) in [6.45, 7) is 7.09. The predicted molar refractivity (Wildman–Crippen MR) is 65.3 cm³/mol. The minimum atomic E-state index is -0.153.